The minimum Gasteiger partial charge on any atom is -0.473 e. The summed E-state index contributed by atoms with van der Waals surface area (Å²) in [5.74, 6) is 1.27. The van der Waals surface area contributed by atoms with Crippen LogP contribution in [0.1, 0.15) is 64.7 Å². The molecule has 1 N–H and O–H groups in total. The third-order valence-electron chi connectivity index (χ3n) is 18.6. The van der Waals surface area contributed by atoms with E-state index in [1.165, 1.54) is 4.90 Å². The van der Waals surface area contributed by atoms with Crippen molar-refractivity contribution in [1.82, 2.24) is 64.1 Å². The number of likely N-dealkylation sites (N-methyl/N-ethyl adjacent to an activating group) is 8. The quantitative estimate of drug-likeness (QED) is 0.391. The summed E-state index contributed by atoms with van der Waals surface area (Å²) in [4.78, 5) is 89.3. The van der Waals surface area contributed by atoms with Crippen molar-refractivity contribution in [3.63, 3.8) is 0 Å². The van der Waals surface area contributed by atoms with E-state index >= 15 is 0 Å². The van der Waals surface area contributed by atoms with Crippen LogP contribution in [0.3, 0.4) is 0 Å². The van der Waals surface area contributed by atoms with Gasteiger partial charge in [-0.3, -0.25) is 0 Å². The van der Waals surface area contributed by atoms with Crippen LogP contribution in [-0.2, 0) is 37.9 Å². The second-order valence-corrected chi connectivity index (χ2v) is 26.6. The first-order valence-corrected chi connectivity index (χ1v) is 30.7. The van der Waals surface area contributed by atoms with Crippen LogP contribution in [0.25, 0.3) is 0 Å². The van der Waals surface area contributed by atoms with Crippen molar-refractivity contribution in [2.75, 3.05) is 211 Å². The summed E-state index contributed by atoms with van der Waals surface area (Å²) in [6.07, 6.45) is 8.21. The lowest BCUT2D eigenvalue weighted by atomic mass is 9.75. The molecule has 11 aliphatic heterocycles. The van der Waals surface area contributed by atoms with Crippen molar-refractivity contribution in [2.45, 2.75) is 118 Å². The van der Waals surface area contributed by atoms with Gasteiger partial charge in [0.05, 0.1) is 45.4 Å². The SMILES string of the molecule is C=C1OC2(CCN(C)CC2)CCN1C.CC1CN(C)CCC12CN(C)C(=O)O2.CN(C)CC1CN(C)C(=O)O1.CN1CC2(CC(N(C)C)C2)OC1=O.CN1CC2(CCNCC2)OC1=O.CN1CCC2C(C1)OC(=O)N2C.COCC1CN(C)C(=O)O1. The Morgan fingerprint density at radius 1 is 0.535 bits per heavy atom. The maximum Gasteiger partial charge on any atom is 0.410 e. The number of carbonyl (C=O) groups excluding carboxylic acids is 6. The Labute approximate surface area is 512 Å². The minimum absolute atomic E-state index is 0.0440. The summed E-state index contributed by atoms with van der Waals surface area (Å²) in [7, 11) is 28.7. The average molecular weight is 1220 g/mol. The number of carbonyl (C=O) groups is 6. The van der Waals surface area contributed by atoms with Crippen molar-refractivity contribution in [1.29, 1.82) is 0 Å². The Morgan fingerprint density at radius 3 is 1.53 bits per heavy atom. The first kappa shape index (κ1) is 69.8. The fraction of sp³-hybridized carbons (Fsp3) is 0.864. The maximum atomic E-state index is 11.4. The van der Waals surface area contributed by atoms with Crippen LogP contribution in [0.4, 0.5) is 28.8 Å². The number of hydrogen-bond donors (Lipinski definition) is 1. The van der Waals surface area contributed by atoms with Gasteiger partial charge in [-0.2, -0.15) is 0 Å². The zero-order valence-corrected chi connectivity index (χ0v) is 54.9. The largest absolute Gasteiger partial charge is 0.473 e. The number of likely N-dealkylation sites (tertiary alicyclic amines) is 3. The number of piperidine rings is 4. The minimum atomic E-state index is -0.262. The zero-order valence-electron chi connectivity index (χ0n) is 54.9. The van der Waals surface area contributed by atoms with Crippen LogP contribution >= 0.6 is 0 Å². The number of cyclic esters (lactones) is 2. The predicted octanol–water partition coefficient (Wildman–Crippen LogP) is 3.00. The van der Waals surface area contributed by atoms with Crippen LogP contribution in [0.15, 0.2) is 12.5 Å². The zero-order chi connectivity index (χ0) is 63.5. The van der Waals surface area contributed by atoms with Crippen molar-refractivity contribution >= 4 is 36.6 Å². The number of nitrogens with one attached hydrogen (secondary N) is 1. The molecule has 27 heteroatoms. The van der Waals surface area contributed by atoms with Crippen LogP contribution in [-0.4, -0.2) is 359 Å². The van der Waals surface area contributed by atoms with E-state index in [1.54, 1.807) is 59.8 Å². The molecule has 0 aromatic carbocycles. The lowest BCUT2D eigenvalue weighted by molar-refractivity contribution is -0.103. The van der Waals surface area contributed by atoms with Gasteiger partial charge in [0.25, 0.3) is 0 Å². The summed E-state index contributed by atoms with van der Waals surface area (Å²) in [6.45, 7) is 20.3. The molecule has 12 aliphatic rings. The molecule has 492 valence electrons. The topological polar surface area (TPSA) is 227 Å². The molecule has 11 saturated heterocycles. The van der Waals surface area contributed by atoms with Gasteiger partial charge in [-0.15, -0.1) is 0 Å². The first-order valence-electron chi connectivity index (χ1n) is 30.7. The molecule has 27 nitrogen and oxygen atoms in total. The molecular weight excluding hydrogens is 1110 g/mol. The number of amides is 6. The number of methoxy groups -OCH3 is 1. The average Bonchev–Trinajstić information content (AvgIpc) is 1.74. The van der Waals surface area contributed by atoms with Gasteiger partial charge in [-0.05, 0) is 88.3 Å². The third kappa shape index (κ3) is 18.6. The highest BCUT2D eigenvalue weighted by molar-refractivity contribution is 5.72. The van der Waals surface area contributed by atoms with Crippen molar-refractivity contribution < 1.29 is 66.7 Å². The van der Waals surface area contributed by atoms with Crippen LogP contribution in [0.5, 0.6) is 0 Å². The second-order valence-electron chi connectivity index (χ2n) is 26.6. The molecule has 0 aromatic rings. The number of hydrogen-bond acceptors (Lipinski definition) is 21. The Balaban J connectivity index is 0.000000161. The summed E-state index contributed by atoms with van der Waals surface area (Å²) in [6, 6.07) is 0.896. The smallest absolute Gasteiger partial charge is 0.410 e. The van der Waals surface area contributed by atoms with Crippen molar-refractivity contribution in [3.05, 3.63) is 12.5 Å². The van der Waals surface area contributed by atoms with Crippen molar-refractivity contribution in [2.24, 2.45) is 5.92 Å². The van der Waals surface area contributed by atoms with Gasteiger partial charge in [0, 0.05) is 159 Å². The molecule has 0 radical (unpaired) electrons. The van der Waals surface area contributed by atoms with Crippen LogP contribution in [0.2, 0.25) is 0 Å². The number of nitrogens with zero attached hydrogens (tertiary/aromatic N) is 12. The van der Waals surface area contributed by atoms with E-state index < -0.39 is 0 Å². The van der Waals surface area contributed by atoms with Crippen LogP contribution in [0, 0.1) is 5.92 Å². The lowest BCUT2D eigenvalue weighted by Crippen LogP contribution is -2.55. The Bertz CT molecular complexity index is 2280. The maximum absolute atomic E-state index is 11.4. The molecule has 12 fully saturated rings. The first-order chi connectivity index (χ1) is 40.4. The molecule has 1 aliphatic carbocycles. The molecule has 12 rings (SSSR count). The third-order valence-corrected chi connectivity index (χ3v) is 18.6. The molecule has 86 heavy (non-hydrogen) atoms. The fourth-order valence-electron chi connectivity index (χ4n) is 12.9. The van der Waals surface area contributed by atoms with Gasteiger partial charge >= 0.3 is 36.6 Å². The number of fused-ring (bicyclic) bond motifs is 1. The fourth-order valence-corrected chi connectivity index (χ4v) is 12.9. The highest BCUT2D eigenvalue weighted by atomic mass is 16.6. The second kappa shape index (κ2) is 30.3. The molecule has 0 aromatic heterocycles. The number of ether oxygens (including phenoxy) is 8. The summed E-state index contributed by atoms with van der Waals surface area (Å²) in [5.41, 5.74) is -0.424. The monoisotopic (exact) mass is 1220 g/mol. The molecule has 6 unspecified atom stereocenters. The Kier molecular flexibility index (Phi) is 24.5. The normalized spacial score (nSPS) is 31.7. The summed E-state index contributed by atoms with van der Waals surface area (Å²) >= 11 is 0. The molecular formula is C59H107N13O14. The van der Waals surface area contributed by atoms with Crippen molar-refractivity contribution in [3.8, 4) is 0 Å². The summed E-state index contributed by atoms with van der Waals surface area (Å²) in [5, 5.41) is 3.26. The lowest BCUT2D eigenvalue weighted by Gasteiger charge is -2.46. The van der Waals surface area contributed by atoms with Gasteiger partial charge in [-0.25, -0.2) is 28.8 Å². The van der Waals surface area contributed by atoms with E-state index in [2.05, 4.69) is 78.6 Å². The van der Waals surface area contributed by atoms with Gasteiger partial charge in [0.15, 0.2) is 5.88 Å². The van der Waals surface area contributed by atoms with E-state index in [1.807, 2.05) is 40.1 Å². The molecule has 0 bridgehead atoms. The highest BCUT2D eigenvalue weighted by Crippen LogP contribution is 2.42. The van der Waals surface area contributed by atoms with Gasteiger partial charge in [0.1, 0.15) is 40.7 Å². The molecule has 11 heterocycles. The van der Waals surface area contributed by atoms with Gasteiger partial charge in [0.2, 0.25) is 0 Å². The van der Waals surface area contributed by atoms with E-state index in [0.29, 0.717) is 37.7 Å². The predicted molar refractivity (Wildman–Crippen MR) is 323 cm³/mol. The molecule has 6 atom stereocenters. The molecule has 4 spiro atoms. The Morgan fingerprint density at radius 2 is 1.06 bits per heavy atom. The van der Waals surface area contributed by atoms with E-state index in [-0.39, 0.29) is 77.3 Å². The highest BCUT2D eigenvalue weighted by Gasteiger charge is 2.54. The number of rotatable bonds is 5. The standard InChI is InChI=1S/C11H20N2O.C10H18N2O2.C9H16N2O2.2C8H14N2O2.C7H14N2O2.C6H11NO3/c1-10-13(3)9-6-11(14-10)4-7-12(2)8-5-11;1-8-6-11(2)5-4-10(8)7-12(3)9(13)14-10;1-10(2)7-4-9(5-7)6-11(3)8(12)13-9;1-9-4-3-6-7(5-9)12-8(11)10(6)2;1-10-6-8(12-7(10)11)2-4-9-5-3-8;1-8(2)4-6-5-9(3)7(10)11-6;1-7-3-5(4-9-2)10-6(7)8/h1,4-9H2,2-3H3;8H,4-7H2,1-3H3;7H,4-6H2,1-3H3;6-7H,3-5H2,1-2H3;9H,2-6H2,1H3;6H,4-5H2,1-3H3;5H,3-4H2,1-2H3. The Hall–Kier alpha value is -5.32. The van der Waals surface area contributed by atoms with E-state index in [0.717, 1.165) is 149 Å². The molecule has 6 amide bonds. The van der Waals surface area contributed by atoms with E-state index in [9.17, 15) is 28.8 Å². The summed E-state index contributed by atoms with van der Waals surface area (Å²) < 4.78 is 42.1. The molecule has 1 saturated carbocycles. The van der Waals surface area contributed by atoms with Crippen LogP contribution < -0.4 is 5.32 Å². The van der Waals surface area contributed by atoms with Gasteiger partial charge < -0.3 is 102 Å². The van der Waals surface area contributed by atoms with Gasteiger partial charge in [-0.1, -0.05) is 6.92 Å². The van der Waals surface area contributed by atoms with E-state index in [4.69, 9.17) is 37.9 Å².